The van der Waals surface area contributed by atoms with Crippen LogP contribution in [-0.4, -0.2) is 58.2 Å². The Morgan fingerprint density at radius 3 is 3.00 bits per heavy atom. The van der Waals surface area contributed by atoms with Crippen LogP contribution in [0.5, 0.6) is 0 Å². The highest BCUT2D eigenvalue weighted by Gasteiger charge is 2.22. The van der Waals surface area contributed by atoms with Crippen molar-refractivity contribution < 1.29 is 9.90 Å². The summed E-state index contributed by atoms with van der Waals surface area (Å²) < 4.78 is 0. The average molecular weight is 266 g/mol. The Labute approximate surface area is 110 Å². The predicted octanol–water partition coefficient (Wildman–Crippen LogP) is -1.04. The summed E-state index contributed by atoms with van der Waals surface area (Å²) in [6.45, 7) is 1.67. The van der Waals surface area contributed by atoms with Gasteiger partial charge in [-0.3, -0.25) is 9.59 Å². The fourth-order valence-corrected chi connectivity index (χ4v) is 2.20. The third kappa shape index (κ3) is 3.62. The maximum atomic E-state index is 12.2. The van der Waals surface area contributed by atoms with Gasteiger partial charge in [0.15, 0.2) is 0 Å². The zero-order chi connectivity index (χ0) is 13.7. The lowest BCUT2D eigenvalue weighted by Crippen LogP contribution is -2.42. The van der Waals surface area contributed by atoms with Crippen molar-refractivity contribution in [3.05, 3.63) is 28.4 Å². The number of nitrogens with one attached hydrogen (secondary N) is 2. The van der Waals surface area contributed by atoms with Gasteiger partial charge in [0.1, 0.15) is 5.69 Å². The summed E-state index contributed by atoms with van der Waals surface area (Å²) in [4.78, 5) is 31.0. The fourth-order valence-electron chi connectivity index (χ4n) is 2.20. The summed E-state index contributed by atoms with van der Waals surface area (Å²) in [5.41, 5.74) is -0.159. The van der Waals surface area contributed by atoms with Gasteiger partial charge in [0.2, 0.25) is 0 Å². The first-order chi connectivity index (χ1) is 9.20. The smallest absolute Gasteiger partial charge is 0.274 e. The number of rotatable bonds is 5. The van der Waals surface area contributed by atoms with Gasteiger partial charge in [0.05, 0.1) is 12.8 Å². The van der Waals surface area contributed by atoms with Crippen LogP contribution in [0.1, 0.15) is 23.3 Å². The largest absolute Gasteiger partial charge is 0.395 e. The van der Waals surface area contributed by atoms with Gasteiger partial charge in [-0.15, -0.1) is 0 Å². The SMILES string of the molecule is O=C(c1c[nH]c(=O)cn1)N(CCO)CC1CCCN1. The minimum Gasteiger partial charge on any atom is -0.395 e. The van der Waals surface area contributed by atoms with Gasteiger partial charge < -0.3 is 20.3 Å². The number of aromatic nitrogens is 2. The van der Waals surface area contributed by atoms with Crippen molar-refractivity contribution in [3.63, 3.8) is 0 Å². The number of amides is 1. The van der Waals surface area contributed by atoms with Gasteiger partial charge >= 0.3 is 0 Å². The van der Waals surface area contributed by atoms with Crippen LogP contribution in [0.2, 0.25) is 0 Å². The molecule has 104 valence electrons. The van der Waals surface area contributed by atoms with E-state index in [-0.39, 0.29) is 36.4 Å². The molecule has 1 atom stereocenters. The monoisotopic (exact) mass is 266 g/mol. The Morgan fingerprint density at radius 1 is 1.58 bits per heavy atom. The Kier molecular flexibility index (Phi) is 4.64. The molecule has 2 rings (SSSR count). The molecule has 3 N–H and O–H groups in total. The molecule has 0 aliphatic carbocycles. The number of aliphatic hydroxyl groups excluding tert-OH is 1. The second-order valence-corrected chi connectivity index (χ2v) is 4.56. The highest BCUT2D eigenvalue weighted by atomic mass is 16.3. The highest BCUT2D eigenvalue weighted by molar-refractivity contribution is 5.92. The zero-order valence-corrected chi connectivity index (χ0v) is 10.6. The van der Waals surface area contributed by atoms with Crippen molar-refractivity contribution in [1.29, 1.82) is 0 Å². The first kappa shape index (κ1) is 13.7. The average Bonchev–Trinajstić information content (AvgIpc) is 2.91. The normalized spacial score (nSPS) is 18.5. The van der Waals surface area contributed by atoms with Crippen molar-refractivity contribution in [1.82, 2.24) is 20.2 Å². The molecule has 19 heavy (non-hydrogen) atoms. The molecule has 0 saturated carbocycles. The third-order valence-electron chi connectivity index (χ3n) is 3.15. The first-order valence-corrected chi connectivity index (χ1v) is 6.39. The van der Waals surface area contributed by atoms with Gasteiger partial charge in [-0.05, 0) is 19.4 Å². The number of hydrogen-bond donors (Lipinski definition) is 3. The maximum absolute atomic E-state index is 12.2. The van der Waals surface area contributed by atoms with E-state index in [2.05, 4.69) is 15.3 Å². The van der Waals surface area contributed by atoms with Gasteiger partial charge in [-0.2, -0.15) is 0 Å². The number of nitrogens with zero attached hydrogens (tertiary/aromatic N) is 2. The van der Waals surface area contributed by atoms with Crippen LogP contribution in [0.15, 0.2) is 17.2 Å². The van der Waals surface area contributed by atoms with Gasteiger partial charge in [-0.25, -0.2) is 4.98 Å². The molecule has 0 radical (unpaired) electrons. The quantitative estimate of drug-likeness (QED) is 0.632. The third-order valence-corrected chi connectivity index (χ3v) is 3.15. The second-order valence-electron chi connectivity index (χ2n) is 4.56. The number of carbonyl (C=O) groups is 1. The summed E-state index contributed by atoms with van der Waals surface area (Å²) in [6.07, 6.45) is 4.51. The highest BCUT2D eigenvalue weighted by Crippen LogP contribution is 2.08. The topological polar surface area (TPSA) is 98.3 Å². The molecule has 1 aliphatic heterocycles. The molecule has 1 aromatic rings. The molecule has 1 fully saturated rings. The van der Waals surface area contributed by atoms with E-state index in [0.717, 1.165) is 25.6 Å². The molecule has 1 saturated heterocycles. The summed E-state index contributed by atoms with van der Waals surface area (Å²) in [5.74, 6) is -0.279. The van der Waals surface area contributed by atoms with E-state index in [1.54, 1.807) is 4.90 Å². The number of hydrogen-bond acceptors (Lipinski definition) is 5. The van der Waals surface area contributed by atoms with E-state index < -0.39 is 0 Å². The molecule has 1 aromatic heterocycles. The molecule has 0 aromatic carbocycles. The van der Waals surface area contributed by atoms with Gasteiger partial charge in [0.25, 0.3) is 11.5 Å². The number of H-pyrrole nitrogens is 1. The number of aliphatic hydroxyl groups is 1. The van der Waals surface area contributed by atoms with E-state index in [1.807, 2.05) is 0 Å². The van der Waals surface area contributed by atoms with Crippen LogP contribution >= 0.6 is 0 Å². The van der Waals surface area contributed by atoms with Crippen LogP contribution in [0, 0.1) is 0 Å². The Balaban J connectivity index is 2.06. The Bertz CT molecular complexity index is 462. The molecule has 0 spiro atoms. The molecule has 1 aliphatic rings. The van der Waals surface area contributed by atoms with Crippen LogP contribution in [-0.2, 0) is 0 Å². The van der Waals surface area contributed by atoms with E-state index in [0.29, 0.717) is 6.54 Å². The van der Waals surface area contributed by atoms with Crippen molar-refractivity contribution in [2.45, 2.75) is 18.9 Å². The van der Waals surface area contributed by atoms with E-state index in [9.17, 15) is 9.59 Å². The van der Waals surface area contributed by atoms with Crippen molar-refractivity contribution in [3.8, 4) is 0 Å². The van der Waals surface area contributed by atoms with E-state index in [4.69, 9.17) is 5.11 Å². The van der Waals surface area contributed by atoms with Crippen LogP contribution in [0.25, 0.3) is 0 Å². The van der Waals surface area contributed by atoms with Crippen molar-refractivity contribution in [2.24, 2.45) is 0 Å². The Morgan fingerprint density at radius 2 is 2.42 bits per heavy atom. The van der Waals surface area contributed by atoms with Gasteiger partial charge in [-0.1, -0.05) is 0 Å². The molecule has 2 heterocycles. The predicted molar refractivity (Wildman–Crippen MR) is 68.9 cm³/mol. The number of carbonyl (C=O) groups excluding carboxylic acids is 1. The standard InChI is InChI=1S/C12H18N4O3/c17-5-4-16(8-9-2-1-3-13-9)12(19)10-6-15-11(18)7-14-10/h6-7,9,13,17H,1-5,8H2,(H,15,18). The Hall–Kier alpha value is -1.73. The van der Waals surface area contributed by atoms with Crippen molar-refractivity contribution in [2.75, 3.05) is 26.2 Å². The van der Waals surface area contributed by atoms with E-state index >= 15 is 0 Å². The molecular weight excluding hydrogens is 248 g/mol. The maximum Gasteiger partial charge on any atom is 0.274 e. The summed E-state index contributed by atoms with van der Waals surface area (Å²) in [6, 6.07) is 0.262. The lowest BCUT2D eigenvalue weighted by molar-refractivity contribution is 0.0700. The van der Waals surface area contributed by atoms with Crippen molar-refractivity contribution >= 4 is 5.91 Å². The fraction of sp³-hybridized carbons (Fsp3) is 0.583. The zero-order valence-electron chi connectivity index (χ0n) is 10.6. The molecule has 7 heteroatoms. The second kappa shape index (κ2) is 6.44. The van der Waals surface area contributed by atoms with Crippen LogP contribution in [0.3, 0.4) is 0 Å². The minimum absolute atomic E-state index is 0.0954. The van der Waals surface area contributed by atoms with Crippen LogP contribution in [0.4, 0.5) is 0 Å². The van der Waals surface area contributed by atoms with Crippen LogP contribution < -0.4 is 10.9 Å². The minimum atomic E-state index is -0.345. The summed E-state index contributed by atoms with van der Waals surface area (Å²) >= 11 is 0. The van der Waals surface area contributed by atoms with E-state index in [1.165, 1.54) is 6.20 Å². The molecule has 0 bridgehead atoms. The number of aromatic amines is 1. The lowest BCUT2D eigenvalue weighted by atomic mass is 10.2. The molecular formula is C12H18N4O3. The summed E-state index contributed by atoms with van der Waals surface area (Å²) in [5, 5.41) is 12.4. The molecule has 1 amide bonds. The molecule has 1 unspecified atom stereocenters. The lowest BCUT2D eigenvalue weighted by Gasteiger charge is -2.24. The first-order valence-electron chi connectivity index (χ1n) is 6.39. The molecule has 7 nitrogen and oxygen atoms in total. The van der Waals surface area contributed by atoms with Gasteiger partial charge in [0, 0.05) is 25.3 Å². The summed E-state index contributed by atoms with van der Waals surface area (Å²) in [7, 11) is 0.